The summed E-state index contributed by atoms with van der Waals surface area (Å²) in [6.45, 7) is 1.95. The minimum absolute atomic E-state index is 0.187. The molecule has 2 aromatic heterocycles. The maximum absolute atomic E-state index is 11.7. The van der Waals surface area contributed by atoms with Crippen molar-refractivity contribution in [1.82, 2.24) is 15.0 Å². The summed E-state index contributed by atoms with van der Waals surface area (Å²) in [5.74, 6) is 1.03. The van der Waals surface area contributed by atoms with Crippen molar-refractivity contribution in [2.24, 2.45) is 0 Å². The number of hydrogen-bond donors (Lipinski definition) is 1. The van der Waals surface area contributed by atoms with Gasteiger partial charge in [0.1, 0.15) is 10.3 Å². The van der Waals surface area contributed by atoms with Crippen LogP contribution in [0.3, 0.4) is 0 Å². The van der Waals surface area contributed by atoms with Crippen molar-refractivity contribution in [2.75, 3.05) is 7.11 Å². The number of nitrogens with zero attached hydrogens (tertiary/aromatic N) is 2. The topological polar surface area (TPSA) is 67.9 Å². The maximum atomic E-state index is 11.7. The molecule has 0 aliphatic rings. The number of halogens is 1. The molecule has 0 saturated carbocycles. The van der Waals surface area contributed by atoms with Gasteiger partial charge in [0, 0.05) is 17.8 Å². The molecule has 18 heavy (non-hydrogen) atoms. The van der Waals surface area contributed by atoms with Crippen LogP contribution in [0, 0.1) is 0 Å². The van der Waals surface area contributed by atoms with Gasteiger partial charge in [0.25, 0.3) is 5.56 Å². The van der Waals surface area contributed by atoms with E-state index in [1.165, 1.54) is 0 Å². The van der Waals surface area contributed by atoms with Crippen LogP contribution in [0.5, 0.6) is 5.88 Å². The van der Waals surface area contributed by atoms with Gasteiger partial charge in [-0.1, -0.05) is 6.92 Å². The molecule has 0 atom stereocenters. The molecule has 0 unspecified atom stereocenters. The Morgan fingerprint density at radius 1 is 1.44 bits per heavy atom. The van der Waals surface area contributed by atoms with E-state index < -0.39 is 0 Å². The highest BCUT2D eigenvalue weighted by atomic mass is 79.9. The third-order valence-electron chi connectivity index (χ3n) is 2.49. The Kier molecular flexibility index (Phi) is 3.76. The van der Waals surface area contributed by atoms with Crippen LogP contribution in [0.1, 0.15) is 12.6 Å². The second-order valence-electron chi connectivity index (χ2n) is 3.62. The molecule has 2 rings (SSSR count). The molecule has 0 radical (unpaired) electrons. The van der Waals surface area contributed by atoms with Crippen molar-refractivity contribution in [1.29, 1.82) is 0 Å². The van der Waals surface area contributed by atoms with Crippen molar-refractivity contribution < 1.29 is 4.74 Å². The van der Waals surface area contributed by atoms with E-state index in [1.54, 1.807) is 25.4 Å². The average Bonchev–Trinajstić information content (AvgIpc) is 2.42. The van der Waals surface area contributed by atoms with E-state index >= 15 is 0 Å². The van der Waals surface area contributed by atoms with Gasteiger partial charge in [-0.05, 0) is 28.4 Å². The zero-order valence-electron chi connectivity index (χ0n) is 10.0. The van der Waals surface area contributed by atoms with Crippen molar-refractivity contribution in [2.45, 2.75) is 13.3 Å². The summed E-state index contributed by atoms with van der Waals surface area (Å²) in [5, 5.41) is 0. The predicted molar refractivity (Wildman–Crippen MR) is 71.7 cm³/mol. The fourth-order valence-electron chi connectivity index (χ4n) is 1.52. The van der Waals surface area contributed by atoms with Gasteiger partial charge in [-0.25, -0.2) is 9.97 Å². The number of nitrogens with one attached hydrogen (secondary N) is 1. The first-order valence-electron chi connectivity index (χ1n) is 5.44. The van der Waals surface area contributed by atoms with Crippen LogP contribution in [0.2, 0.25) is 0 Å². The van der Waals surface area contributed by atoms with Crippen LogP contribution < -0.4 is 10.3 Å². The van der Waals surface area contributed by atoms with Crippen molar-refractivity contribution in [3.63, 3.8) is 0 Å². The molecule has 0 aliphatic heterocycles. The van der Waals surface area contributed by atoms with Gasteiger partial charge in [0.15, 0.2) is 0 Å². The summed E-state index contributed by atoms with van der Waals surface area (Å²) in [6.07, 6.45) is 2.30. The fraction of sp³-hybridized carbons (Fsp3) is 0.250. The van der Waals surface area contributed by atoms with E-state index in [0.717, 1.165) is 11.3 Å². The minimum atomic E-state index is -0.187. The normalized spacial score (nSPS) is 10.4. The average molecular weight is 310 g/mol. The molecule has 2 heterocycles. The first kappa shape index (κ1) is 12.8. The number of aromatic nitrogens is 3. The first-order valence-corrected chi connectivity index (χ1v) is 6.24. The van der Waals surface area contributed by atoms with Crippen molar-refractivity contribution in [3.8, 4) is 17.3 Å². The molecule has 94 valence electrons. The van der Waals surface area contributed by atoms with Crippen LogP contribution >= 0.6 is 15.9 Å². The molecule has 0 amide bonds. The lowest BCUT2D eigenvalue weighted by Crippen LogP contribution is -2.13. The number of aryl methyl sites for hydroxylation is 1. The Hall–Kier alpha value is -1.69. The van der Waals surface area contributed by atoms with Gasteiger partial charge in [-0.15, -0.1) is 0 Å². The van der Waals surface area contributed by atoms with E-state index in [1.807, 2.05) is 6.92 Å². The molecule has 0 aliphatic carbocycles. The van der Waals surface area contributed by atoms with Gasteiger partial charge in [0.05, 0.1) is 12.8 Å². The Balaban J connectivity index is 2.50. The number of methoxy groups -OCH3 is 1. The fourth-order valence-corrected chi connectivity index (χ4v) is 1.99. The lowest BCUT2D eigenvalue weighted by atomic mass is 10.2. The van der Waals surface area contributed by atoms with Gasteiger partial charge in [-0.3, -0.25) is 4.79 Å². The van der Waals surface area contributed by atoms with E-state index in [9.17, 15) is 4.79 Å². The number of hydrogen-bond acceptors (Lipinski definition) is 4. The highest BCUT2D eigenvalue weighted by molar-refractivity contribution is 9.10. The Labute approximate surface area is 112 Å². The Bertz CT molecular complexity index is 608. The molecular formula is C12H12BrN3O2. The van der Waals surface area contributed by atoms with E-state index in [4.69, 9.17) is 4.74 Å². The predicted octanol–water partition coefficient (Wildman–Crippen LogP) is 2.17. The van der Waals surface area contributed by atoms with Gasteiger partial charge < -0.3 is 9.72 Å². The Morgan fingerprint density at radius 3 is 2.78 bits per heavy atom. The van der Waals surface area contributed by atoms with Crippen LogP contribution in [0.4, 0.5) is 0 Å². The smallest absolute Gasteiger partial charge is 0.265 e. The maximum Gasteiger partial charge on any atom is 0.265 e. The van der Waals surface area contributed by atoms with Gasteiger partial charge in [-0.2, -0.15) is 0 Å². The lowest BCUT2D eigenvalue weighted by Gasteiger charge is -2.05. The summed E-state index contributed by atoms with van der Waals surface area (Å²) in [5.41, 5.74) is 1.28. The number of aromatic amines is 1. The monoisotopic (exact) mass is 309 g/mol. The first-order chi connectivity index (χ1) is 8.65. The van der Waals surface area contributed by atoms with Crippen molar-refractivity contribution in [3.05, 3.63) is 38.9 Å². The largest absolute Gasteiger partial charge is 0.481 e. The second kappa shape index (κ2) is 5.30. The molecule has 2 aromatic rings. The van der Waals surface area contributed by atoms with Crippen LogP contribution in [0.15, 0.2) is 27.6 Å². The number of ether oxygens (including phenoxy) is 1. The quantitative estimate of drug-likeness (QED) is 0.943. The summed E-state index contributed by atoms with van der Waals surface area (Å²) in [4.78, 5) is 22.9. The van der Waals surface area contributed by atoms with E-state index in [0.29, 0.717) is 22.6 Å². The highest BCUT2D eigenvalue weighted by Gasteiger charge is 2.09. The van der Waals surface area contributed by atoms with Crippen LogP contribution in [0.25, 0.3) is 11.4 Å². The molecule has 0 fully saturated rings. The zero-order chi connectivity index (χ0) is 13.1. The molecule has 1 N–H and O–H groups in total. The summed E-state index contributed by atoms with van der Waals surface area (Å²) >= 11 is 3.23. The molecule has 0 saturated heterocycles. The third kappa shape index (κ3) is 2.43. The SMILES string of the molecule is CCc1nc(-c2ccc(OC)nc2)[nH]c(=O)c1Br. The van der Waals surface area contributed by atoms with Crippen LogP contribution in [-0.4, -0.2) is 22.1 Å². The van der Waals surface area contributed by atoms with Gasteiger partial charge in [0.2, 0.25) is 5.88 Å². The Morgan fingerprint density at radius 2 is 2.22 bits per heavy atom. The summed E-state index contributed by atoms with van der Waals surface area (Å²) in [7, 11) is 1.55. The molecule has 0 spiro atoms. The lowest BCUT2D eigenvalue weighted by molar-refractivity contribution is 0.398. The standard InChI is InChI=1S/C12H12BrN3O2/c1-3-8-10(13)12(17)16-11(15-8)7-4-5-9(18-2)14-6-7/h4-6H,3H2,1-2H3,(H,15,16,17). The van der Waals surface area contributed by atoms with Crippen LogP contribution in [-0.2, 0) is 6.42 Å². The number of pyridine rings is 1. The highest BCUT2D eigenvalue weighted by Crippen LogP contribution is 2.18. The third-order valence-corrected chi connectivity index (χ3v) is 3.30. The van der Waals surface area contributed by atoms with Crippen molar-refractivity contribution >= 4 is 15.9 Å². The molecule has 0 aromatic carbocycles. The summed E-state index contributed by atoms with van der Waals surface area (Å²) in [6, 6.07) is 3.53. The molecule has 5 nitrogen and oxygen atoms in total. The van der Waals surface area contributed by atoms with E-state index in [2.05, 4.69) is 30.9 Å². The summed E-state index contributed by atoms with van der Waals surface area (Å²) < 4.78 is 5.46. The molecule has 6 heteroatoms. The zero-order valence-corrected chi connectivity index (χ0v) is 11.6. The minimum Gasteiger partial charge on any atom is -0.481 e. The second-order valence-corrected chi connectivity index (χ2v) is 4.41. The molecule has 0 bridgehead atoms. The van der Waals surface area contributed by atoms with E-state index in [-0.39, 0.29) is 5.56 Å². The number of rotatable bonds is 3. The van der Waals surface area contributed by atoms with Gasteiger partial charge >= 0.3 is 0 Å². The molecular weight excluding hydrogens is 298 g/mol. The number of H-pyrrole nitrogens is 1.